The summed E-state index contributed by atoms with van der Waals surface area (Å²) in [5.41, 5.74) is 1.15. The lowest BCUT2D eigenvalue weighted by Crippen LogP contribution is -2.39. The molecule has 1 atom stereocenters. The van der Waals surface area contributed by atoms with Gasteiger partial charge in [-0.15, -0.1) is 0 Å². The number of amides is 1. The number of hydrogen-bond acceptors (Lipinski definition) is 5. The van der Waals surface area contributed by atoms with Gasteiger partial charge in [-0.2, -0.15) is 13.2 Å². The SMILES string of the molecule is COc1ccc(C2=NO[C@@H](CN(Cc3cccc(C(F)(F)F)c3)C(=O)C(C)C)C2)cc1OC. The first-order valence-electron chi connectivity index (χ1n) is 10.5. The third-order valence-electron chi connectivity index (χ3n) is 5.31. The molecule has 2 aromatic carbocycles. The maximum Gasteiger partial charge on any atom is 0.416 e. The molecule has 9 heteroatoms. The first-order chi connectivity index (χ1) is 15.6. The number of halogens is 3. The van der Waals surface area contributed by atoms with Crippen molar-refractivity contribution in [1.82, 2.24) is 4.90 Å². The van der Waals surface area contributed by atoms with E-state index in [-0.39, 0.29) is 24.9 Å². The van der Waals surface area contributed by atoms with Crippen LogP contribution < -0.4 is 9.47 Å². The molecular formula is C24H27F3N2O4. The Labute approximate surface area is 190 Å². The van der Waals surface area contributed by atoms with Crippen molar-refractivity contribution in [2.75, 3.05) is 20.8 Å². The zero-order chi connectivity index (χ0) is 24.2. The Hall–Kier alpha value is -3.23. The van der Waals surface area contributed by atoms with E-state index in [2.05, 4.69) is 5.16 Å². The molecule has 1 aliphatic heterocycles. The van der Waals surface area contributed by atoms with Crippen molar-refractivity contribution in [3.8, 4) is 11.5 Å². The van der Waals surface area contributed by atoms with E-state index in [9.17, 15) is 18.0 Å². The van der Waals surface area contributed by atoms with E-state index in [4.69, 9.17) is 14.3 Å². The molecule has 0 unspecified atom stereocenters. The molecule has 2 aromatic rings. The van der Waals surface area contributed by atoms with E-state index >= 15 is 0 Å². The monoisotopic (exact) mass is 464 g/mol. The average Bonchev–Trinajstić information content (AvgIpc) is 3.25. The van der Waals surface area contributed by atoms with Crippen LogP contribution in [0.5, 0.6) is 11.5 Å². The fourth-order valence-corrected chi connectivity index (χ4v) is 3.62. The van der Waals surface area contributed by atoms with Crippen molar-refractivity contribution in [2.45, 2.75) is 39.1 Å². The number of carbonyl (C=O) groups is 1. The van der Waals surface area contributed by atoms with E-state index in [1.807, 2.05) is 6.07 Å². The standard InChI is InChI=1S/C24H27F3N2O4/c1-15(2)23(30)29(13-16-6-5-7-18(10-16)24(25,26)27)14-19-12-20(28-33-19)17-8-9-21(31-3)22(11-17)32-4/h5-11,15,19H,12-14H2,1-4H3/t19-/m1/s1. The van der Waals surface area contributed by atoms with Crippen LogP contribution in [0.25, 0.3) is 0 Å². The summed E-state index contributed by atoms with van der Waals surface area (Å²) in [7, 11) is 3.09. The molecule has 0 saturated heterocycles. The lowest BCUT2D eigenvalue weighted by atomic mass is 10.0. The Kier molecular flexibility index (Phi) is 7.50. The van der Waals surface area contributed by atoms with Crippen LogP contribution in [0.3, 0.4) is 0 Å². The van der Waals surface area contributed by atoms with Gasteiger partial charge in [-0.3, -0.25) is 4.79 Å². The highest BCUT2D eigenvalue weighted by molar-refractivity contribution is 6.01. The summed E-state index contributed by atoms with van der Waals surface area (Å²) >= 11 is 0. The average molecular weight is 464 g/mol. The number of hydrogen-bond donors (Lipinski definition) is 0. The maximum atomic E-state index is 13.1. The van der Waals surface area contributed by atoms with Gasteiger partial charge < -0.3 is 19.2 Å². The topological polar surface area (TPSA) is 60.4 Å². The van der Waals surface area contributed by atoms with Gasteiger partial charge in [-0.1, -0.05) is 31.1 Å². The van der Waals surface area contributed by atoms with Crippen LogP contribution in [0, 0.1) is 5.92 Å². The Morgan fingerprint density at radius 3 is 2.52 bits per heavy atom. The normalized spacial score (nSPS) is 15.8. The minimum absolute atomic E-state index is 0.0481. The molecule has 0 aromatic heterocycles. The molecule has 0 saturated carbocycles. The smallest absolute Gasteiger partial charge is 0.416 e. The fraction of sp³-hybridized carbons (Fsp3) is 0.417. The molecule has 1 heterocycles. The largest absolute Gasteiger partial charge is 0.493 e. The van der Waals surface area contributed by atoms with E-state index in [0.717, 1.165) is 17.7 Å². The zero-order valence-electron chi connectivity index (χ0n) is 19.0. The van der Waals surface area contributed by atoms with Crippen LogP contribution in [-0.2, 0) is 22.4 Å². The molecule has 33 heavy (non-hydrogen) atoms. The van der Waals surface area contributed by atoms with Gasteiger partial charge >= 0.3 is 6.18 Å². The predicted octanol–water partition coefficient (Wildman–Crippen LogP) is 4.90. The summed E-state index contributed by atoms with van der Waals surface area (Å²) in [5, 5.41) is 4.16. The van der Waals surface area contributed by atoms with Crippen LogP contribution in [0.1, 0.15) is 37.0 Å². The minimum atomic E-state index is -4.44. The summed E-state index contributed by atoms with van der Waals surface area (Å²) in [6.45, 7) is 3.76. The molecular weight excluding hydrogens is 437 g/mol. The molecule has 178 valence electrons. The summed E-state index contributed by atoms with van der Waals surface area (Å²) < 4.78 is 49.9. The van der Waals surface area contributed by atoms with Crippen LogP contribution in [0.15, 0.2) is 47.6 Å². The van der Waals surface area contributed by atoms with Crippen molar-refractivity contribution >= 4 is 11.6 Å². The third-order valence-corrected chi connectivity index (χ3v) is 5.31. The summed E-state index contributed by atoms with van der Waals surface area (Å²) in [6.07, 6.45) is -4.42. The van der Waals surface area contributed by atoms with Gasteiger partial charge in [-0.05, 0) is 35.9 Å². The molecule has 0 bridgehead atoms. The second kappa shape index (κ2) is 10.1. The van der Waals surface area contributed by atoms with Crippen LogP contribution >= 0.6 is 0 Å². The third kappa shape index (κ3) is 5.97. The highest BCUT2D eigenvalue weighted by Gasteiger charge is 2.31. The van der Waals surface area contributed by atoms with E-state index < -0.39 is 17.8 Å². The van der Waals surface area contributed by atoms with Crippen molar-refractivity contribution < 1.29 is 32.3 Å². The molecule has 6 nitrogen and oxygen atoms in total. The van der Waals surface area contributed by atoms with Gasteiger partial charge in [0.25, 0.3) is 0 Å². The number of methoxy groups -OCH3 is 2. The van der Waals surface area contributed by atoms with Crippen molar-refractivity contribution in [3.63, 3.8) is 0 Å². The quantitative estimate of drug-likeness (QED) is 0.558. The summed E-state index contributed by atoms with van der Waals surface area (Å²) in [5.74, 6) is 0.661. The Balaban J connectivity index is 1.73. The summed E-state index contributed by atoms with van der Waals surface area (Å²) in [6, 6.07) is 10.4. The lowest BCUT2D eigenvalue weighted by molar-refractivity contribution is -0.137. The zero-order valence-corrected chi connectivity index (χ0v) is 19.0. The van der Waals surface area contributed by atoms with Crippen molar-refractivity contribution in [1.29, 1.82) is 0 Å². The van der Waals surface area contributed by atoms with Gasteiger partial charge in [0.1, 0.15) is 0 Å². The molecule has 1 aliphatic rings. The second-order valence-electron chi connectivity index (χ2n) is 8.11. The predicted molar refractivity (Wildman–Crippen MR) is 117 cm³/mol. The van der Waals surface area contributed by atoms with E-state index in [0.29, 0.717) is 29.2 Å². The minimum Gasteiger partial charge on any atom is -0.493 e. The number of nitrogens with zero attached hydrogens (tertiary/aromatic N) is 2. The van der Waals surface area contributed by atoms with Crippen molar-refractivity contribution in [3.05, 3.63) is 59.2 Å². The lowest BCUT2D eigenvalue weighted by Gasteiger charge is -2.27. The van der Waals surface area contributed by atoms with Gasteiger partial charge in [-0.25, -0.2) is 0 Å². The van der Waals surface area contributed by atoms with E-state index in [1.165, 1.54) is 11.0 Å². The Bertz CT molecular complexity index is 1020. The first-order valence-corrected chi connectivity index (χ1v) is 10.5. The number of ether oxygens (including phenoxy) is 2. The number of rotatable bonds is 8. The van der Waals surface area contributed by atoms with Crippen molar-refractivity contribution in [2.24, 2.45) is 11.1 Å². The fourth-order valence-electron chi connectivity index (χ4n) is 3.62. The highest BCUT2D eigenvalue weighted by atomic mass is 19.4. The van der Waals surface area contributed by atoms with Gasteiger partial charge in [0, 0.05) is 24.4 Å². The second-order valence-corrected chi connectivity index (χ2v) is 8.11. The highest BCUT2D eigenvalue weighted by Crippen LogP contribution is 2.31. The maximum absolute atomic E-state index is 13.1. The van der Waals surface area contributed by atoms with Gasteiger partial charge in [0.15, 0.2) is 17.6 Å². The van der Waals surface area contributed by atoms with Gasteiger partial charge in [0.2, 0.25) is 5.91 Å². The summed E-state index contributed by atoms with van der Waals surface area (Å²) in [4.78, 5) is 19.9. The van der Waals surface area contributed by atoms with Crippen LogP contribution in [0.4, 0.5) is 13.2 Å². The molecule has 3 rings (SSSR count). The number of benzene rings is 2. The number of carbonyl (C=O) groups excluding carboxylic acids is 1. The van der Waals surface area contributed by atoms with Gasteiger partial charge in [0.05, 0.1) is 32.0 Å². The van der Waals surface area contributed by atoms with Crippen LogP contribution in [-0.4, -0.2) is 43.4 Å². The molecule has 0 fully saturated rings. The molecule has 0 spiro atoms. The molecule has 0 radical (unpaired) electrons. The van der Waals surface area contributed by atoms with E-state index in [1.54, 1.807) is 46.3 Å². The number of alkyl halides is 3. The molecule has 0 N–H and O–H groups in total. The molecule has 1 amide bonds. The van der Waals surface area contributed by atoms with Crippen LogP contribution in [0.2, 0.25) is 0 Å². The number of oxime groups is 1. The Morgan fingerprint density at radius 1 is 1.15 bits per heavy atom. The Morgan fingerprint density at radius 2 is 1.88 bits per heavy atom. The molecule has 0 aliphatic carbocycles. The first kappa shape index (κ1) is 24.4.